The lowest BCUT2D eigenvalue weighted by molar-refractivity contribution is -0.0892. The van der Waals surface area contributed by atoms with E-state index in [2.05, 4.69) is 0 Å². The summed E-state index contributed by atoms with van der Waals surface area (Å²) < 4.78 is 48.6. The molecule has 0 radical (unpaired) electrons. The second-order valence-corrected chi connectivity index (χ2v) is 2.78. The van der Waals surface area contributed by atoms with Gasteiger partial charge in [-0.2, -0.15) is 13.2 Å². The predicted molar refractivity (Wildman–Crippen MR) is 37.3 cm³/mol. The van der Waals surface area contributed by atoms with Gasteiger partial charge in [-0.15, -0.1) is 0 Å². The monoisotopic (exact) mass is 180 g/mol. The number of alkyl halides is 4. The molecule has 0 amide bonds. The van der Waals surface area contributed by atoms with Gasteiger partial charge in [-0.1, -0.05) is 19.1 Å². The van der Waals surface area contributed by atoms with Crippen molar-refractivity contribution in [1.82, 2.24) is 0 Å². The quantitative estimate of drug-likeness (QED) is 0.502. The van der Waals surface area contributed by atoms with E-state index in [0.29, 0.717) is 6.08 Å². The number of rotatable bonds is 0. The first-order chi connectivity index (χ1) is 5.41. The van der Waals surface area contributed by atoms with Gasteiger partial charge in [0.05, 0.1) is 5.57 Å². The lowest BCUT2D eigenvalue weighted by atomic mass is 9.96. The Bertz CT molecular complexity index is 224. The van der Waals surface area contributed by atoms with E-state index in [1.165, 1.54) is 13.0 Å². The summed E-state index contributed by atoms with van der Waals surface area (Å²) in [7, 11) is 0. The minimum absolute atomic E-state index is 0.462. The Kier molecular flexibility index (Phi) is 2.26. The highest BCUT2D eigenvalue weighted by Gasteiger charge is 2.34. The largest absolute Gasteiger partial charge is 0.416 e. The molecule has 1 aliphatic rings. The Balaban J connectivity index is 2.84. The lowest BCUT2D eigenvalue weighted by Crippen LogP contribution is -2.18. The Labute approximate surface area is 67.6 Å². The smallest absolute Gasteiger partial charge is 0.242 e. The molecule has 2 unspecified atom stereocenters. The zero-order chi connectivity index (χ0) is 9.35. The van der Waals surface area contributed by atoms with Crippen molar-refractivity contribution in [3.05, 3.63) is 23.8 Å². The summed E-state index contributed by atoms with van der Waals surface area (Å²) in [6.45, 7) is 1.53. The van der Waals surface area contributed by atoms with Gasteiger partial charge in [-0.25, -0.2) is 4.39 Å². The fourth-order valence-corrected chi connectivity index (χ4v) is 0.929. The van der Waals surface area contributed by atoms with Crippen molar-refractivity contribution in [3.63, 3.8) is 0 Å². The van der Waals surface area contributed by atoms with Gasteiger partial charge in [0.2, 0.25) is 0 Å². The van der Waals surface area contributed by atoms with Crippen molar-refractivity contribution in [2.45, 2.75) is 19.3 Å². The summed E-state index contributed by atoms with van der Waals surface area (Å²) in [6.07, 6.45) is -3.19. The minimum Gasteiger partial charge on any atom is -0.242 e. The first-order valence-corrected chi connectivity index (χ1v) is 3.52. The highest BCUT2D eigenvalue weighted by molar-refractivity contribution is 5.29. The summed E-state index contributed by atoms with van der Waals surface area (Å²) in [5.41, 5.74) is -0.895. The molecule has 0 bridgehead atoms. The third-order valence-electron chi connectivity index (χ3n) is 1.75. The minimum atomic E-state index is -4.43. The summed E-state index contributed by atoms with van der Waals surface area (Å²) in [4.78, 5) is 0. The number of halogens is 4. The average molecular weight is 180 g/mol. The zero-order valence-corrected chi connectivity index (χ0v) is 6.40. The van der Waals surface area contributed by atoms with Gasteiger partial charge in [0, 0.05) is 5.92 Å². The van der Waals surface area contributed by atoms with E-state index in [1.54, 1.807) is 0 Å². The van der Waals surface area contributed by atoms with E-state index in [9.17, 15) is 17.6 Å². The average Bonchev–Trinajstić information content (AvgIpc) is 1.92. The SMILES string of the molecule is CC1C=CC(C(F)(F)F)=CC1F. The molecule has 12 heavy (non-hydrogen) atoms. The highest BCUT2D eigenvalue weighted by Crippen LogP contribution is 2.31. The molecule has 0 aliphatic heterocycles. The van der Waals surface area contributed by atoms with E-state index in [1.807, 2.05) is 0 Å². The molecule has 1 aliphatic carbocycles. The van der Waals surface area contributed by atoms with Crippen LogP contribution in [-0.2, 0) is 0 Å². The standard InChI is InChI=1S/C8H8F4/c1-5-2-3-6(4-7(5)9)8(10,11)12/h2-5,7H,1H3. The molecule has 68 valence electrons. The Morgan fingerprint density at radius 1 is 1.33 bits per heavy atom. The molecule has 0 N–H and O–H groups in total. The van der Waals surface area contributed by atoms with Crippen LogP contribution >= 0.6 is 0 Å². The van der Waals surface area contributed by atoms with Crippen molar-refractivity contribution >= 4 is 0 Å². The van der Waals surface area contributed by atoms with E-state index in [0.717, 1.165) is 6.08 Å². The van der Waals surface area contributed by atoms with Crippen LogP contribution in [0.1, 0.15) is 6.92 Å². The van der Waals surface area contributed by atoms with Crippen molar-refractivity contribution in [2.24, 2.45) is 5.92 Å². The van der Waals surface area contributed by atoms with Crippen molar-refractivity contribution in [1.29, 1.82) is 0 Å². The summed E-state index contributed by atoms with van der Waals surface area (Å²) in [6, 6.07) is 0. The van der Waals surface area contributed by atoms with Crippen LogP contribution in [-0.4, -0.2) is 12.3 Å². The molecule has 0 saturated heterocycles. The fraction of sp³-hybridized carbons (Fsp3) is 0.500. The number of hydrogen-bond acceptors (Lipinski definition) is 0. The summed E-state index contributed by atoms with van der Waals surface area (Å²) in [5.74, 6) is -0.462. The van der Waals surface area contributed by atoms with Crippen LogP contribution < -0.4 is 0 Å². The summed E-state index contributed by atoms with van der Waals surface area (Å²) >= 11 is 0. The molecule has 4 heteroatoms. The van der Waals surface area contributed by atoms with Gasteiger partial charge in [0.15, 0.2) is 0 Å². The van der Waals surface area contributed by atoms with Gasteiger partial charge < -0.3 is 0 Å². The molecule has 0 saturated carbocycles. The van der Waals surface area contributed by atoms with Crippen LogP contribution in [0.4, 0.5) is 17.6 Å². The maximum Gasteiger partial charge on any atom is 0.416 e. The van der Waals surface area contributed by atoms with Gasteiger partial charge in [-0.05, 0) is 6.08 Å². The highest BCUT2D eigenvalue weighted by atomic mass is 19.4. The predicted octanol–water partition coefficient (Wildman–Crippen LogP) is 3.02. The van der Waals surface area contributed by atoms with E-state index >= 15 is 0 Å². The third-order valence-corrected chi connectivity index (χ3v) is 1.75. The molecule has 1 rings (SSSR count). The third kappa shape index (κ3) is 1.87. The molecular formula is C8H8F4. The summed E-state index contributed by atoms with van der Waals surface area (Å²) in [5, 5.41) is 0. The second-order valence-electron chi connectivity index (χ2n) is 2.78. The van der Waals surface area contributed by atoms with Crippen molar-refractivity contribution < 1.29 is 17.6 Å². The van der Waals surface area contributed by atoms with Gasteiger partial charge >= 0.3 is 6.18 Å². The van der Waals surface area contributed by atoms with Gasteiger partial charge in [0.1, 0.15) is 6.17 Å². The van der Waals surface area contributed by atoms with Crippen LogP contribution in [0.25, 0.3) is 0 Å². The second kappa shape index (κ2) is 2.92. The van der Waals surface area contributed by atoms with Gasteiger partial charge in [-0.3, -0.25) is 0 Å². The first-order valence-electron chi connectivity index (χ1n) is 3.52. The number of hydrogen-bond donors (Lipinski definition) is 0. The van der Waals surface area contributed by atoms with E-state index in [4.69, 9.17) is 0 Å². The Morgan fingerprint density at radius 2 is 1.92 bits per heavy atom. The lowest BCUT2D eigenvalue weighted by Gasteiger charge is -2.17. The van der Waals surface area contributed by atoms with Crippen LogP contribution in [0.5, 0.6) is 0 Å². The Morgan fingerprint density at radius 3 is 2.33 bits per heavy atom. The van der Waals surface area contributed by atoms with Crippen LogP contribution in [0, 0.1) is 5.92 Å². The molecule has 0 fully saturated rings. The van der Waals surface area contributed by atoms with E-state index < -0.39 is 23.8 Å². The van der Waals surface area contributed by atoms with Gasteiger partial charge in [0.25, 0.3) is 0 Å². The topological polar surface area (TPSA) is 0 Å². The fourth-order valence-electron chi connectivity index (χ4n) is 0.929. The zero-order valence-electron chi connectivity index (χ0n) is 6.40. The van der Waals surface area contributed by atoms with Crippen LogP contribution in [0.15, 0.2) is 23.8 Å². The molecule has 0 heterocycles. The van der Waals surface area contributed by atoms with Crippen LogP contribution in [0.3, 0.4) is 0 Å². The molecule has 0 aromatic rings. The van der Waals surface area contributed by atoms with Crippen LogP contribution in [0.2, 0.25) is 0 Å². The molecule has 0 nitrogen and oxygen atoms in total. The molecular weight excluding hydrogens is 172 g/mol. The first kappa shape index (κ1) is 9.29. The molecule has 0 spiro atoms. The van der Waals surface area contributed by atoms with E-state index in [-0.39, 0.29) is 0 Å². The number of allylic oxidation sites excluding steroid dienone is 4. The molecule has 0 aromatic carbocycles. The van der Waals surface area contributed by atoms with Crippen molar-refractivity contribution in [2.75, 3.05) is 0 Å². The molecule has 0 aromatic heterocycles. The van der Waals surface area contributed by atoms with Crippen molar-refractivity contribution in [3.8, 4) is 0 Å². The molecule has 2 atom stereocenters. The maximum absolute atomic E-state index is 12.7. The normalized spacial score (nSPS) is 30.2. The maximum atomic E-state index is 12.7. The Hall–Kier alpha value is -0.800.